The van der Waals surface area contributed by atoms with Crippen LogP contribution >= 0.6 is 0 Å². The number of aryl methyl sites for hydroxylation is 2. The number of nitrogens with one attached hydrogen (secondary N) is 1. The number of esters is 1. The van der Waals surface area contributed by atoms with Crippen molar-refractivity contribution in [3.63, 3.8) is 0 Å². The lowest BCUT2D eigenvalue weighted by molar-refractivity contribution is -0.160. The van der Waals surface area contributed by atoms with Gasteiger partial charge in [-0.25, -0.2) is 4.79 Å². The quantitative estimate of drug-likeness (QED) is 0.762. The van der Waals surface area contributed by atoms with Gasteiger partial charge in [-0.05, 0) is 56.5 Å². The highest BCUT2D eigenvalue weighted by Crippen LogP contribution is 2.18. The van der Waals surface area contributed by atoms with Crippen molar-refractivity contribution in [1.82, 2.24) is 0 Å². The summed E-state index contributed by atoms with van der Waals surface area (Å²) in [6, 6.07) is 14.9. The maximum Gasteiger partial charge on any atom is 0.348 e. The van der Waals surface area contributed by atoms with Crippen LogP contribution in [0.4, 0.5) is 5.69 Å². The van der Waals surface area contributed by atoms with Crippen LogP contribution in [0.3, 0.4) is 0 Å². The molecule has 2 atom stereocenters. The number of rotatable bonds is 7. The Balaban J connectivity index is 1.96. The maximum absolute atomic E-state index is 12.4. The molecular formula is C21H25NO4. The van der Waals surface area contributed by atoms with Crippen molar-refractivity contribution in [2.75, 3.05) is 5.32 Å². The topological polar surface area (TPSA) is 64.6 Å². The van der Waals surface area contributed by atoms with E-state index in [1.807, 2.05) is 57.2 Å². The van der Waals surface area contributed by atoms with Crippen LogP contribution in [-0.4, -0.2) is 24.1 Å². The Labute approximate surface area is 154 Å². The second-order valence-corrected chi connectivity index (χ2v) is 6.21. The van der Waals surface area contributed by atoms with Gasteiger partial charge in [-0.3, -0.25) is 4.79 Å². The smallest absolute Gasteiger partial charge is 0.348 e. The molecular weight excluding hydrogens is 330 g/mol. The molecule has 0 bridgehead atoms. The summed E-state index contributed by atoms with van der Waals surface area (Å²) in [4.78, 5) is 24.7. The zero-order chi connectivity index (χ0) is 19.1. The normalized spacial score (nSPS) is 12.8. The first-order valence-electron chi connectivity index (χ1n) is 8.71. The Morgan fingerprint density at radius 1 is 1.08 bits per heavy atom. The van der Waals surface area contributed by atoms with Crippen molar-refractivity contribution in [2.45, 2.75) is 46.3 Å². The van der Waals surface area contributed by atoms with E-state index in [0.717, 1.165) is 11.1 Å². The Morgan fingerprint density at radius 3 is 2.42 bits per heavy atom. The number of benzene rings is 2. The van der Waals surface area contributed by atoms with E-state index in [2.05, 4.69) is 5.32 Å². The molecule has 0 heterocycles. The van der Waals surface area contributed by atoms with Crippen molar-refractivity contribution < 1.29 is 19.1 Å². The van der Waals surface area contributed by atoms with Gasteiger partial charge >= 0.3 is 5.97 Å². The Morgan fingerprint density at radius 2 is 1.77 bits per heavy atom. The Hall–Kier alpha value is -2.82. The molecule has 0 radical (unpaired) electrons. The second-order valence-electron chi connectivity index (χ2n) is 6.21. The van der Waals surface area contributed by atoms with Crippen molar-refractivity contribution >= 4 is 17.6 Å². The number of ether oxygens (including phenoxy) is 2. The van der Waals surface area contributed by atoms with E-state index in [1.165, 1.54) is 0 Å². The summed E-state index contributed by atoms with van der Waals surface area (Å²) in [5.41, 5.74) is 2.70. The highest BCUT2D eigenvalue weighted by Gasteiger charge is 2.25. The molecule has 2 aromatic rings. The molecule has 1 N–H and O–H groups in total. The van der Waals surface area contributed by atoms with E-state index in [9.17, 15) is 9.59 Å². The summed E-state index contributed by atoms with van der Waals surface area (Å²) in [6.07, 6.45) is -1.23. The third-order valence-corrected chi connectivity index (χ3v) is 3.97. The summed E-state index contributed by atoms with van der Waals surface area (Å²) >= 11 is 0. The van der Waals surface area contributed by atoms with Crippen molar-refractivity contribution in [3.8, 4) is 5.75 Å². The molecule has 2 aromatic carbocycles. The standard InChI is InChI=1S/C21H25NO4/c1-5-19(26-17-9-7-6-8-10-17)21(24)25-16(4)20(23)22-18-13-14(2)11-12-15(18)3/h6-13,16,19H,5H2,1-4H3,(H,22,23)/t16-,19-/m1/s1. The molecule has 138 valence electrons. The number of para-hydroxylation sites is 1. The Kier molecular flexibility index (Phi) is 6.78. The van der Waals surface area contributed by atoms with Gasteiger partial charge in [0, 0.05) is 5.69 Å². The third-order valence-electron chi connectivity index (χ3n) is 3.97. The minimum atomic E-state index is -0.921. The molecule has 2 rings (SSSR count). The highest BCUT2D eigenvalue weighted by atomic mass is 16.6. The van der Waals surface area contributed by atoms with Crippen LogP contribution in [0.15, 0.2) is 48.5 Å². The molecule has 26 heavy (non-hydrogen) atoms. The van der Waals surface area contributed by atoms with Gasteiger partial charge in [-0.2, -0.15) is 0 Å². The lowest BCUT2D eigenvalue weighted by Gasteiger charge is -2.20. The zero-order valence-electron chi connectivity index (χ0n) is 15.6. The van der Waals surface area contributed by atoms with E-state index in [1.54, 1.807) is 19.1 Å². The van der Waals surface area contributed by atoms with Gasteiger partial charge in [0.05, 0.1) is 0 Å². The fraction of sp³-hybridized carbons (Fsp3) is 0.333. The first kappa shape index (κ1) is 19.5. The molecule has 1 amide bonds. The molecule has 0 unspecified atom stereocenters. The van der Waals surface area contributed by atoms with E-state index in [4.69, 9.17) is 9.47 Å². The van der Waals surface area contributed by atoms with Crippen molar-refractivity contribution in [1.29, 1.82) is 0 Å². The summed E-state index contributed by atoms with van der Waals surface area (Å²) in [5.74, 6) is -0.342. The van der Waals surface area contributed by atoms with E-state index >= 15 is 0 Å². The zero-order valence-corrected chi connectivity index (χ0v) is 15.6. The fourth-order valence-corrected chi connectivity index (χ4v) is 2.37. The Bertz CT molecular complexity index is 758. The summed E-state index contributed by atoms with van der Waals surface area (Å²) in [7, 11) is 0. The molecule has 0 fully saturated rings. The average Bonchev–Trinajstić information content (AvgIpc) is 2.63. The lowest BCUT2D eigenvalue weighted by Crippen LogP contribution is -2.36. The summed E-state index contributed by atoms with van der Waals surface area (Å²) in [6.45, 7) is 7.24. The van der Waals surface area contributed by atoms with Gasteiger partial charge in [0.25, 0.3) is 5.91 Å². The number of anilines is 1. The molecule has 0 aliphatic carbocycles. The van der Waals surface area contributed by atoms with E-state index in [0.29, 0.717) is 17.9 Å². The van der Waals surface area contributed by atoms with Gasteiger partial charge in [-0.15, -0.1) is 0 Å². The van der Waals surface area contributed by atoms with Crippen LogP contribution in [0.25, 0.3) is 0 Å². The third kappa shape index (κ3) is 5.34. The minimum absolute atomic E-state index is 0.374. The molecule has 5 heteroatoms. The first-order valence-corrected chi connectivity index (χ1v) is 8.71. The van der Waals surface area contributed by atoms with Crippen LogP contribution < -0.4 is 10.1 Å². The molecule has 5 nitrogen and oxygen atoms in total. The number of carbonyl (C=O) groups is 2. The van der Waals surface area contributed by atoms with Gasteiger partial charge in [0.2, 0.25) is 0 Å². The predicted octanol–water partition coefficient (Wildman–Crippen LogP) is 4.03. The first-order chi connectivity index (χ1) is 12.4. The predicted molar refractivity (Wildman–Crippen MR) is 101 cm³/mol. The number of hydrogen-bond acceptors (Lipinski definition) is 4. The van der Waals surface area contributed by atoms with Gasteiger partial charge in [0.15, 0.2) is 12.2 Å². The van der Waals surface area contributed by atoms with Crippen LogP contribution in [0.5, 0.6) is 5.75 Å². The highest BCUT2D eigenvalue weighted by molar-refractivity contribution is 5.96. The van der Waals surface area contributed by atoms with Crippen molar-refractivity contribution in [3.05, 3.63) is 59.7 Å². The van der Waals surface area contributed by atoms with Crippen LogP contribution in [-0.2, 0) is 14.3 Å². The summed E-state index contributed by atoms with van der Waals surface area (Å²) < 4.78 is 11.0. The molecule has 0 saturated heterocycles. The van der Waals surface area contributed by atoms with Crippen LogP contribution in [0, 0.1) is 13.8 Å². The SMILES string of the molecule is CC[C@@H](Oc1ccccc1)C(=O)O[C@H](C)C(=O)Nc1cc(C)ccc1C. The van der Waals surface area contributed by atoms with Gasteiger partial charge in [-0.1, -0.05) is 37.3 Å². The molecule has 0 aliphatic heterocycles. The molecule has 0 saturated carbocycles. The molecule has 0 spiro atoms. The summed E-state index contributed by atoms with van der Waals surface area (Å²) in [5, 5.41) is 2.81. The van der Waals surface area contributed by atoms with Gasteiger partial charge in [0.1, 0.15) is 5.75 Å². The van der Waals surface area contributed by atoms with Crippen LogP contribution in [0.1, 0.15) is 31.4 Å². The minimum Gasteiger partial charge on any atom is -0.479 e. The van der Waals surface area contributed by atoms with Crippen LogP contribution in [0.2, 0.25) is 0 Å². The fourth-order valence-electron chi connectivity index (χ4n) is 2.37. The monoisotopic (exact) mass is 355 g/mol. The number of amides is 1. The van der Waals surface area contributed by atoms with E-state index in [-0.39, 0.29) is 5.91 Å². The molecule has 0 aromatic heterocycles. The van der Waals surface area contributed by atoms with Gasteiger partial charge < -0.3 is 14.8 Å². The second kappa shape index (κ2) is 9.04. The number of carbonyl (C=O) groups excluding carboxylic acids is 2. The van der Waals surface area contributed by atoms with E-state index < -0.39 is 18.2 Å². The molecule has 0 aliphatic rings. The number of hydrogen-bond donors (Lipinski definition) is 1. The maximum atomic E-state index is 12.4. The lowest BCUT2D eigenvalue weighted by atomic mass is 10.1. The average molecular weight is 355 g/mol. The van der Waals surface area contributed by atoms with Crippen molar-refractivity contribution in [2.24, 2.45) is 0 Å². The largest absolute Gasteiger partial charge is 0.479 e.